The van der Waals surface area contributed by atoms with Crippen LogP contribution in [0.25, 0.3) is 27.9 Å². The van der Waals surface area contributed by atoms with E-state index in [2.05, 4.69) is 50.7 Å². The molecule has 0 unspecified atom stereocenters. The molecule has 0 radical (unpaired) electrons. The van der Waals surface area contributed by atoms with E-state index in [0.717, 1.165) is 28.2 Å². The third kappa shape index (κ3) is 1.98. The van der Waals surface area contributed by atoms with Crippen LogP contribution in [0.4, 0.5) is 0 Å². The summed E-state index contributed by atoms with van der Waals surface area (Å²) >= 11 is 0. The van der Waals surface area contributed by atoms with Gasteiger partial charge in [-0.3, -0.25) is 9.50 Å². The van der Waals surface area contributed by atoms with Gasteiger partial charge in [0.2, 0.25) is 0 Å². The van der Waals surface area contributed by atoms with Crippen molar-refractivity contribution in [2.45, 2.75) is 13.8 Å². The maximum atomic E-state index is 4.26. The molecule has 1 N–H and O–H groups in total. The molecule has 108 valence electrons. The number of hydrogen-bond acceptors (Lipinski definition) is 3. The molecule has 0 aliphatic heterocycles. The molecule has 0 bridgehead atoms. The highest BCUT2D eigenvalue weighted by Crippen LogP contribution is 2.28. The lowest BCUT2D eigenvalue weighted by Gasteiger charge is -2.06. The zero-order valence-corrected chi connectivity index (χ0v) is 12.4. The fourth-order valence-corrected chi connectivity index (χ4v) is 2.80. The zero-order chi connectivity index (χ0) is 15.1. The number of pyridine rings is 1. The fourth-order valence-electron chi connectivity index (χ4n) is 2.80. The van der Waals surface area contributed by atoms with Crippen LogP contribution in [0.5, 0.6) is 0 Å². The summed E-state index contributed by atoms with van der Waals surface area (Å²) in [6, 6.07) is 12.6. The summed E-state index contributed by atoms with van der Waals surface area (Å²) in [6.07, 6.45) is 3.75. The number of aryl methyl sites for hydroxylation is 2. The Morgan fingerprint density at radius 1 is 0.909 bits per heavy atom. The summed E-state index contributed by atoms with van der Waals surface area (Å²) in [5.74, 6) is 0. The second-order valence-electron chi connectivity index (χ2n) is 5.40. The summed E-state index contributed by atoms with van der Waals surface area (Å²) in [5.41, 5.74) is 7.63. The number of fused-ring (bicyclic) bond motifs is 1. The first-order valence-electron chi connectivity index (χ1n) is 7.14. The molecule has 0 saturated heterocycles. The summed E-state index contributed by atoms with van der Waals surface area (Å²) in [7, 11) is 0. The molecule has 3 heterocycles. The van der Waals surface area contributed by atoms with Crippen molar-refractivity contribution in [2.75, 3.05) is 0 Å². The van der Waals surface area contributed by atoms with Crippen LogP contribution in [-0.4, -0.2) is 24.8 Å². The quantitative estimate of drug-likeness (QED) is 0.615. The largest absolute Gasteiger partial charge is 0.288 e. The normalized spacial score (nSPS) is 11.2. The Balaban J connectivity index is 1.75. The molecule has 4 aromatic rings. The van der Waals surface area contributed by atoms with Gasteiger partial charge in [0, 0.05) is 17.5 Å². The van der Waals surface area contributed by atoms with Crippen LogP contribution in [0.1, 0.15) is 11.4 Å². The van der Waals surface area contributed by atoms with Gasteiger partial charge in [0.15, 0.2) is 5.65 Å². The van der Waals surface area contributed by atoms with E-state index in [1.807, 2.05) is 30.5 Å². The smallest absolute Gasteiger partial charge is 0.160 e. The number of H-pyrrole nitrogens is 1. The number of benzene rings is 1. The van der Waals surface area contributed by atoms with Crippen molar-refractivity contribution in [3.63, 3.8) is 0 Å². The molecule has 5 nitrogen and oxygen atoms in total. The van der Waals surface area contributed by atoms with Crippen LogP contribution in [0.3, 0.4) is 0 Å². The van der Waals surface area contributed by atoms with E-state index >= 15 is 0 Å². The number of aromatic nitrogens is 5. The van der Waals surface area contributed by atoms with Gasteiger partial charge < -0.3 is 0 Å². The van der Waals surface area contributed by atoms with Gasteiger partial charge in [-0.25, -0.2) is 0 Å². The lowest BCUT2D eigenvalue weighted by molar-refractivity contribution is 1.02. The second-order valence-corrected chi connectivity index (χ2v) is 5.40. The second kappa shape index (κ2) is 4.80. The molecule has 0 amide bonds. The number of hydrogen-bond donors (Lipinski definition) is 1. The molecule has 4 rings (SSSR count). The van der Waals surface area contributed by atoms with Crippen LogP contribution in [-0.2, 0) is 0 Å². The maximum Gasteiger partial charge on any atom is 0.160 e. The predicted molar refractivity (Wildman–Crippen MR) is 85.5 cm³/mol. The van der Waals surface area contributed by atoms with Crippen LogP contribution >= 0.6 is 0 Å². The van der Waals surface area contributed by atoms with Crippen LogP contribution < -0.4 is 0 Å². The molecule has 0 spiro atoms. The number of aromatic amines is 1. The standard InChI is InChI=1S/C17H15N5/c1-11-17(12(2)20-19-11)14-5-3-13(4-6-14)15-7-8-16-21-18-10-22(16)9-15/h3-10H,1-2H3,(H,19,20). The van der Waals surface area contributed by atoms with Crippen LogP contribution in [0, 0.1) is 13.8 Å². The Morgan fingerprint density at radius 3 is 2.36 bits per heavy atom. The fraction of sp³-hybridized carbons (Fsp3) is 0.118. The molecule has 0 fully saturated rings. The molecule has 0 atom stereocenters. The zero-order valence-electron chi connectivity index (χ0n) is 12.4. The average molecular weight is 289 g/mol. The van der Waals surface area contributed by atoms with E-state index in [-0.39, 0.29) is 0 Å². The first-order chi connectivity index (χ1) is 10.7. The predicted octanol–water partition coefficient (Wildman–Crippen LogP) is 3.40. The summed E-state index contributed by atoms with van der Waals surface area (Å²) in [4.78, 5) is 0. The van der Waals surface area contributed by atoms with E-state index in [4.69, 9.17) is 0 Å². The molecular weight excluding hydrogens is 274 g/mol. The molecule has 22 heavy (non-hydrogen) atoms. The van der Waals surface area contributed by atoms with Gasteiger partial charge in [0.25, 0.3) is 0 Å². The summed E-state index contributed by atoms with van der Waals surface area (Å²) < 4.78 is 1.92. The highest BCUT2D eigenvalue weighted by Gasteiger charge is 2.09. The van der Waals surface area contributed by atoms with E-state index in [0.29, 0.717) is 0 Å². The van der Waals surface area contributed by atoms with Crippen molar-refractivity contribution in [3.05, 3.63) is 60.3 Å². The molecule has 0 aliphatic rings. The third-order valence-electron chi connectivity index (χ3n) is 3.93. The van der Waals surface area contributed by atoms with Gasteiger partial charge in [-0.2, -0.15) is 5.10 Å². The first kappa shape index (κ1) is 12.8. The van der Waals surface area contributed by atoms with Crippen molar-refractivity contribution in [2.24, 2.45) is 0 Å². The first-order valence-corrected chi connectivity index (χ1v) is 7.14. The SMILES string of the molecule is Cc1n[nH]c(C)c1-c1ccc(-c2ccc3nncn3c2)cc1. The van der Waals surface area contributed by atoms with Crippen molar-refractivity contribution in [1.82, 2.24) is 24.8 Å². The monoisotopic (exact) mass is 289 g/mol. The van der Waals surface area contributed by atoms with Gasteiger partial charge in [0.1, 0.15) is 6.33 Å². The van der Waals surface area contributed by atoms with E-state index in [1.165, 1.54) is 11.1 Å². The molecule has 0 aliphatic carbocycles. The van der Waals surface area contributed by atoms with E-state index in [9.17, 15) is 0 Å². The Bertz CT molecular complexity index is 927. The average Bonchev–Trinajstić information content (AvgIpc) is 3.13. The van der Waals surface area contributed by atoms with Gasteiger partial charge in [-0.05, 0) is 42.7 Å². The molecule has 1 aromatic carbocycles. The van der Waals surface area contributed by atoms with Crippen molar-refractivity contribution < 1.29 is 0 Å². The van der Waals surface area contributed by atoms with E-state index < -0.39 is 0 Å². The maximum absolute atomic E-state index is 4.26. The lowest BCUT2D eigenvalue weighted by atomic mass is 10.00. The molecular formula is C17H15N5. The minimum absolute atomic E-state index is 0.852. The van der Waals surface area contributed by atoms with Crippen LogP contribution in [0.2, 0.25) is 0 Å². The summed E-state index contributed by atoms with van der Waals surface area (Å²) in [6.45, 7) is 4.07. The summed E-state index contributed by atoms with van der Waals surface area (Å²) in [5, 5.41) is 15.2. The minimum Gasteiger partial charge on any atom is -0.288 e. The molecule has 3 aromatic heterocycles. The topological polar surface area (TPSA) is 58.9 Å². The van der Waals surface area contributed by atoms with Gasteiger partial charge >= 0.3 is 0 Å². The van der Waals surface area contributed by atoms with Crippen molar-refractivity contribution >= 4 is 5.65 Å². The molecule has 5 heteroatoms. The lowest BCUT2D eigenvalue weighted by Crippen LogP contribution is -1.86. The Labute approximate surface area is 127 Å². The van der Waals surface area contributed by atoms with Gasteiger partial charge in [-0.15, -0.1) is 10.2 Å². The molecule has 0 saturated carbocycles. The minimum atomic E-state index is 0.852. The Morgan fingerprint density at radius 2 is 1.64 bits per heavy atom. The van der Waals surface area contributed by atoms with Gasteiger partial charge in [0.05, 0.1) is 5.69 Å². The number of nitrogens with zero attached hydrogens (tertiary/aromatic N) is 4. The van der Waals surface area contributed by atoms with E-state index in [1.54, 1.807) is 6.33 Å². The Kier molecular flexibility index (Phi) is 2.79. The highest BCUT2D eigenvalue weighted by molar-refractivity contribution is 5.73. The number of nitrogens with one attached hydrogen (secondary N) is 1. The van der Waals surface area contributed by atoms with Gasteiger partial charge in [-0.1, -0.05) is 24.3 Å². The van der Waals surface area contributed by atoms with Crippen LogP contribution in [0.15, 0.2) is 48.9 Å². The highest BCUT2D eigenvalue weighted by atomic mass is 15.2. The van der Waals surface area contributed by atoms with Crippen molar-refractivity contribution in [1.29, 1.82) is 0 Å². The number of rotatable bonds is 2. The van der Waals surface area contributed by atoms with Crippen molar-refractivity contribution in [3.8, 4) is 22.3 Å². The Hall–Kier alpha value is -2.95. The third-order valence-corrected chi connectivity index (χ3v) is 3.93.